The van der Waals surface area contributed by atoms with Crippen LogP contribution in [-0.2, 0) is 9.84 Å². The van der Waals surface area contributed by atoms with Crippen LogP contribution in [0.4, 0.5) is 0 Å². The monoisotopic (exact) mass is 344 g/mol. The average molecular weight is 344 g/mol. The van der Waals surface area contributed by atoms with Gasteiger partial charge in [0.2, 0.25) is 0 Å². The summed E-state index contributed by atoms with van der Waals surface area (Å²) in [6.45, 7) is 4.39. The Bertz CT molecular complexity index is 792. The van der Waals surface area contributed by atoms with E-state index < -0.39 is 9.84 Å². The van der Waals surface area contributed by atoms with Gasteiger partial charge in [-0.15, -0.1) is 0 Å². The second-order valence-electron chi connectivity index (χ2n) is 6.71. The van der Waals surface area contributed by atoms with Gasteiger partial charge in [0.25, 0.3) is 0 Å². The summed E-state index contributed by atoms with van der Waals surface area (Å²) in [4.78, 5) is 0.343. The molecule has 3 unspecified atom stereocenters. The van der Waals surface area contributed by atoms with Crippen molar-refractivity contribution in [3.63, 3.8) is 0 Å². The highest BCUT2D eigenvalue weighted by Crippen LogP contribution is 2.44. The van der Waals surface area contributed by atoms with Crippen molar-refractivity contribution in [1.82, 2.24) is 0 Å². The molecule has 1 fully saturated rings. The van der Waals surface area contributed by atoms with Gasteiger partial charge in [0.1, 0.15) is 5.75 Å². The summed E-state index contributed by atoms with van der Waals surface area (Å²) in [7, 11) is -3.15. The Kier molecular flexibility index (Phi) is 4.68. The maximum absolute atomic E-state index is 11.5. The van der Waals surface area contributed by atoms with Gasteiger partial charge in [-0.25, -0.2) is 8.42 Å². The second kappa shape index (κ2) is 6.60. The summed E-state index contributed by atoms with van der Waals surface area (Å²) >= 11 is 0. The van der Waals surface area contributed by atoms with Crippen LogP contribution in [-0.4, -0.2) is 20.8 Å². The molecule has 3 rings (SSSR count). The van der Waals surface area contributed by atoms with Crippen molar-refractivity contribution >= 4 is 9.84 Å². The normalized spacial score (nSPS) is 21.3. The number of rotatable bonds is 6. The minimum Gasteiger partial charge on any atom is -0.490 e. The van der Waals surface area contributed by atoms with Crippen molar-refractivity contribution in [1.29, 1.82) is 0 Å². The standard InChI is InChI=1S/C20H24O3S/c1-4-15-13-20(15)14(2)23-18-9-5-16(6-10-18)17-7-11-19(12-8-17)24(3,21)22/h5-12,14-15,20H,4,13H2,1-3H3. The second-order valence-corrected chi connectivity index (χ2v) is 8.73. The molecule has 4 heteroatoms. The molecular formula is C20H24O3S. The van der Waals surface area contributed by atoms with Crippen molar-refractivity contribution in [2.75, 3.05) is 6.26 Å². The summed E-state index contributed by atoms with van der Waals surface area (Å²) in [6, 6.07) is 15.0. The smallest absolute Gasteiger partial charge is 0.175 e. The molecule has 1 aliphatic carbocycles. The van der Waals surface area contributed by atoms with Gasteiger partial charge in [0.15, 0.2) is 9.84 Å². The zero-order chi connectivity index (χ0) is 17.3. The fraction of sp³-hybridized carbons (Fsp3) is 0.400. The zero-order valence-electron chi connectivity index (χ0n) is 14.4. The highest BCUT2D eigenvalue weighted by atomic mass is 32.2. The van der Waals surface area contributed by atoms with E-state index in [9.17, 15) is 8.42 Å². The van der Waals surface area contributed by atoms with Crippen molar-refractivity contribution in [3.05, 3.63) is 48.5 Å². The molecule has 24 heavy (non-hydrogen) atoms. The number of sulfone groups is 1. The van der Waals surface area contributed by atoms with Crippen molar-refractivity contribution in [2.45, 2.75) is 37.7 Å². The number of hydrogen-bond acceptors (Lipinski definition) is 3. The van der Waals surface area contributed by atoms with Crippen LogP contribution < -0.4 is 4.74 Å². The summed E-state index contributed by atoms with van der Waals surface area (Å²) in [5, 5.41) is 0. The van der Waals surface area contributed by atoms with Gasteiger partial charge >= 0.3 is 0 Å². The Morgan fingerprint density at radius 2 is 1.58 bits per heavy atom. The van der Waals surface area contributed by atoms with Gasteiger partial charge in [0.05, 0.1) is 11.0 Å². The third-order valence-corrected chi connectivity index (χ3v) is 6.03. The minimum absolute atomic E-state index is 0.259. The van der Waals surface area contributed by atoms with Crippen LogP contribution in [0.1, 0.15) is 26.7 Å². The van der Waals surface area contributed by atoms with Gasteiger partial charge in [-0.3, -0.25) is 0 Å². The Hall–Kier alpha value is -1.81. The van der Waals surface area contributed by atoms with Gasteiger partial charge in [-0.1, -0.05) is 37.6 Å². The average Bonchev–Trinajstić information content (AvgIpc) is 3.35. The minimum atomic E-state index is -3.15. The first-order valence-electron chi connectivity index (χ1n) is 8.45. The van der Waals surface area contributed by atoms with E-state index in [1.54, 1.807) is 12.1 Å². The zero-order valence-corrected chi connectivity index (χ0v) is 15.2. The molecule has 0 amide bonds. The van der Waals surface area contributed by atoms with Crippen LogP contribution in [0, 0.1) is 11.8 Å². The molecule has 3 atom stereocenters. The highest BCUT2D eigenvalue weighted by Gasteiger charge is 2.40. The molecule has 0 radical (unpaired) electrons. The molecule has 0 heterocycles. The van der Waals surface area contributed by atoms with Gasteiger partial charge in [0, 0.05) is 6.26 Å². The maximum atomic E-state index is 11.5. The van der Waals surface area contributed by atoms with E-state index in [1.165, 1.54) is 19.1 Å². The van der Waals surface area contributed by atoms with E-state index in [-0.39, 0.29) is 6.10 Å². The van der Waals surface area contributed by atoms with Crippen LogP contribution in [0.25, 0.3) is 11.1 Å². The first-order chi connectivity index (χ1) is 11.4. The molecular weight excluding hydrogens is 320 g/mol. The lowest BCUT2D eigenvalue weighted by atomic mass is 10.1. The fourth-order valence-corrected chi connectivity index (χ4v) is 3.87. The van der Waals surface area contributed by atoms with Gasteiger partial charge < -0.3 is 4.74 Å². The molecule has 2 aromatic rings. The predicted octanol–water partition coefficient (Wildman–Crippen LogP) is 4.57. The summed E-state index contributed by atoms with van der Waals surface area (Å²) in [5.74, 6) is 2.41. The SMILES string of the molecule is CCC1CC1C(C)Oc1ccc(-c2ccc(S(C)(=O)=O)cc2)cc1. The van der Waals surface area contributed by atoms with E-state index in [1.807, 2.05) is 36.4 Å². The summed E-state index contributed by atoms with van der Waals surface area (Å²) in [6.07, 6.45) is 4.00. The lowest BCUT2D eigenvalue weighted by Crippen LogP contribution is -2.15. The molecule has 2 aromatic carbocycles. The summed E-state index contributed by atoms with van der Waals surface area (Å²) < 4.78 is 29.1. The van der Waals surface area contributed by atoms with Crippen LogP contribution >= 0.6 is 0 Å². The van der Waals surface area contributed by atoms with Crippen molar-refractivity contribution in [2.24, 2.45) is 11.8 Å². The quantitative estimate of drug-likeness (QED) is 0.771. The first kappa shape index (κ1) is 17.0. The van der Waals surface area contributed by atoms with E-state index in [2.05, 4.69) is 13.8 Å². The Labute approximate surface area is 144 Å². The Balaban J connectivity index is 1.68. The highest BCUT2D eigenvalue weighted by molar-refractivity contribution is 7.90. The van der Waals surface area contributed by atoms with Crippen LogP contribution in [0.2, 0.25) is 0 Å². The molecule has 0 bridgehead atoms. The number of ether oxygens (including phenoxy) is 1. The number of benzene rings is 2. The molecule has 0 spiro atoms. The van der Waals surface area contributed by atoms with E-state index in [0.29, 0.717) is 10.8 Å². The molecule has 0 aliphatic heterocycles. The number of hydrogen-bond donors (Lipinski definition) is 0. The molecule has 0 saturated heterocycles. The lowest BCUT2D eigenvalue weighted by molar-refractivity contribution is 0.190. The third kappa shape index (κ3) is 3.81. The fourth-order valence-electron chi connectivity index (χ4n) is 3.24. The van der Waals surface area contributed by atoms with Gasteiger partial charge in [-0.2, -0.15) is 0 Å². The van der Waals surface area contributed by atoms with Crippen molar-refractivity contribution in [3.8, 4) is 16.9 Å². The Morgan fingerprint density at radius 3 is 2.04 bits per heavy atom. The predicted molar refractivity (Wildman–Crippen MR) is 97.0 cm³/mol. The van der Waals surface area contributed by atoms with E-state index in [4.69, 9.17) is 4.74 Å². The molecule has 1 aliphatic rings. The molecule has 3 nitrogen and oxygen atoms in total. The third-order valence-electron chi connectivity index (χ3n) is 4.90. The first-order valence-corrected chi connectivity index (χ1v) is 10.3. The topological polar surface area (TPSA) is 43.4 Å². The molecule has 0 aromatic heterocycles. The lowest BCUT2D eigenvalue weighted by Gasteiger charge is -2.15. The summed E-state index contributed by atoms with van der Waals surface area (Å²) in [5.41, 5.74) is 2.04. The maximum Gasteiger partial charge on any atom is 0.175 e. The molecule has 1 saturated carbocycles. The van der Waals surface area contributed by atoms with Crippen LogP contribution in [0.15, 0.2) is 53.4 Å². The molecule has 128 valence electrons. The van der Waals surface area contributed by atoms with E-state index in [0.717, 1.165) is 22.8 Å². The van der Waals surface area contributed by atoms with Crippen LogP contribution in [0.5, 0.6) is 5.75 Å². The van der Waals surface area contributed by atoms with Crippen LogP contribution in [0.3, 0.4) is 0 Å². The molecule has 0 N–H and O–H groups in total. The van der Waals surface area contributed by atoms with Gasteiger partial charge in [-0.05, 0) is 60.6 Å². The Morgan fingerprint density at radius 1 is 1.04 bits per heavy atom. The van der Waals surface area contributed by atoms with Crippen molar-refractivity contribution < 1.29 is 13.2 Å². The van der Waals surface area contributed by atoms with E-state index >= 15 is 0 Å². The largest absolute Gasteiger partial charge is 0.490 e.